The predicted octanol–water partition coefficient (Wildman–Crippen LogP) is 3.42. The molecule has 2 atom stereocenters. The Hall–Kier alpha value is -3.80. The number of hydrogen-bond acceptors (Lipinski definition) is 7. The fraction of sp³-hybridized carbons (Fsp3) is 0.318. The third-order valence-electron chi connectivity index (χ3n) is 5.57. The second-order valence-electron chi connectivity index (χ2n) is 7.74. The van der Waals surface area contributed by atoms with Gasteiger partial charge in [-0.25, -0.2) is 0 Å². The van der Waals surface area contributed by atoms with Gasteiger partial charge in [-0.05, 0) is 18.6 Å². The summed E-state index contributed by atoms with van der Waals surface area (Å²) < 4.78 is 56.4. The fourth-order valence-corrected chi connectivity index (χ4v) is 3.71. The Morgan fingerprint density at radius 1 is 1.32 bits per heavy atom. The van der Waals surface area contributed by atoms with Crippen molar-refractivity contribution in [3.05, 3.63) is 64.7 Å². The number of amidine groups is 1. The molecule has 0 spiro atoms. The lowest BCUT2D eigenvalue weighted by Gasteiger charge is -2.36. The quantitative estimate of drug-likeness (QED) is 0.351. The van der Waals surface area contributed by atoms with Gasteiger partial charge in [-0.2, -0.15) is 23.0 Å². The number of furan rings is 1. The summed E-state index contributed by atoms with van der Waals surface area (Å²) in [4.78, 5) is 13.2. The Labute approximate surface area is 192 Å². The van der Waals surface area contributed by atoms with Crippen LogP contribution >= 0.6 is 0 Å². The minimum atomic E-state index is -4.59. The lowest BCUT2D eigenvalue weighted by Crippen LogP contribution is -2.48. The van der Waals surface area contributed by atoms with E-state index in [2.05, 4.69) is 10.4 Å². The number of halogens is 3. The number of nitrogens with one attached hydrogen (secondary N) is 2. The molecule has 0 bridgehead atoms. The van der Waals surface area contributed by atoms with Gasteiger partial charge in [-0.15, -0.1) is 0 Å². The highest BCUT2D eigenvalue weighted by atomic mass is 19.4. The van der Waals surface area contributed by atoms with Gasteiger partial charge in [0.25, 0.3) is 5.91 Å². The second kappa shape index (κ2) is 8.86. The molecule has 34 heavy (non-hydrogen) atoms. The van der Waals surface area contributed by atoms with Crippen LogP contribution in [0.2, 0.25) is 0 Å². The van der Waals surface area contributed by atoms with Crippen molar-refractivity contribution in [2.45, 2.75) is 31.7 Å². The van der Waals surface area contributed by atoms with E-state index in [-0.39, 0.29) is 41.8 Å². The zero-order chi connectivity index (χ0) is 24.6. The summed E-state index contributed by atoms with van der Waals surface area (Å²) >= 11 is 0. The number of aromatic nitrogens is 2. The number of hydrogen-bond donors (Lipinski definition) is 3. The number of ether oxygens (including phenoxy) is 2. The van der Waals surface area contributed by atoms with E-state index >= 15 is 0 Å². The molecule has 2 aromatic heterocycles. The van der Waals surface area contributed by atoms with Gasteiger partial charge in [0, 0.05) is 12.1 Å². The van der Waals surface area contributed by atoms with Crippen LogP contribution in [0.4, 0.5) is 19.0 Å². The molecular weight excluding hydrogens is 455 g/mol. The summed E-state index contributed by atoms with van der Waals surface area (Å²) in [5, 5.41) is 14.8. The molecule has 1 aliphatic heterocycles. The number of nitrogens with two attached hydrogens (primary N) is 1. The zero-order valence-corrected chi connectivity index (χ0v) is 18.3. The first-order valence-electron chi connectivity index (χ1n) is 10.2. The molecule has 2 unspecified atom stereocenters. The number of methoxy groups -OCH3 is 1. The van der Waals surface area contributed by atoms with Crippen LogP contribution in [0.25, 0.3) is 0 Å². The van der Waals surface area contributed by atoms with Crippen LogP contribution in [-0.4, -0.2) is 47.5 Å². The van der Waals surface area contributed by atoms with E-state index in [1.165, 1.54) is 19.4 Å². The molecule has 12 heteroatoms. The average molecular weight is 477 g/mol. The van der Waals surface area contributed by atoms with E-state index in [9.17, 15) is 18.0 Å². The molecule has 1 saturated heterocycles. The van der Waals surface area contributed by atoms with Crippen LogP contribution < -0.4 is 15.8 Å². The number of carbonyl (C=O) groups excluding carboxylic acids is 1. The van der Waals surface area contributed by atoms with E-state index in [4.69, 9.17) is 25.0 Å². The number of aryl methyl sites for hydroxylation is 1. The summed E-state index contributed by atoms with van der Waals surface area (Å²) in [7, 11) is 1.30. The van der Waals surface area contributed by atoms with Crippen molar-refractivity contribution in [3.8, 4) is 5.75 Å². The lowest BCUT2D eigenvalue weighted by molar-refractivity contribution is -0.271. The van der Waals surface area contributed by atoms with E-state index in [0.29, 0.717) is 11.3 Å². The van der Waals surface area contributed by atoms with E-state index in [0.717, 1.165) is 10.2 Å². The van der Waals surface area contributed by atoms with Gasteiger partial charge >= 0.3 is 6.18 Å². The third-order valence-corrected chi connectivity index (χ3v) is 5.57. The number of rotatable bonds is 7. The van der Waals surface area contributed by atoms with Crippen LogP contribution in [0.1, 0.15) is 38.9 Å². The highest BCUT2D eigenvalue weighted by molar-refractivity contribution is 5.98. The summed E-state index contributed by atoms with van der Waals surface area (Å²) in [6, 6.07) is 8.26. The smallest absolute Gasteiger partial charge is 0.415 e. The normalized spacial score (nSPS) is 17.8. The molecule has 0 saturated carbocycles. The summed E-state index contributed by atoms with van der Waals surface area (Å²) in [5.41, 5.74) is 6.97. The Morgan fingerprint density at radius 3 is 2.53 bits per heavy atom. The van der Waals surface area contributed by atoms with Gasteiger partial charge < -0.3 is 24.9 Å². The molecule has 1 fully saturated rings. The van der Waals surface area contributed by atoms with E-state index in [1.54, 1.807) is 31.2 Å². The molecular formula is C22H22F3N5O4. The van der Waals surface area contributed by atoms with Crippen LogP contribution in [0.3, 0.4) is 0 Å². The number of nitrogens with zero attached hydrogens (tertiary/aromatic N) is 2. The minimum absolute atomic E-state index is 0.0254. The topological polar surface area (TPSA) is 128 Å². The number of anilines is 1. The standard InChI is InChI=1S/C22H22F3N5O4/c1-11-14(7-8-33-11)21(31)30-20(28-9-12-3-5-13(6-4-12)19(26)27)17(32-2)16(29-30)15-10-34-18(15)22(23,24)25/h3-8,15,18,28H,9-10H2,1-2H3,(H3,26,27). The maximum atomic E-state index is 13.4. The Balaban J connectivity index is 1.72. The van der Waals surface area contributed by atoms with Gasteiger partial charge in [0.2, 0.25) is 0 Å². The number of nitrogen functional groups attached to an aromatic ring is 1. The number of benzene rings is 1. The summed E-state index contributed by atoms with van der Waals surface area (Å²) in [6.45, 7) is 1.58. The summed E-state index contributed by atoms with van der Waals surface area (Å²) in [6.07, 6.45) is -5.29. The summed E-state index contributed by atoms with van der Waals surface area (Å²) in [5.74, 6) is -1.32. The van der Waals surface area contributed by atoms with Gasteiger partial charge in [-0.1, -0.05) is 24.3 Å². The van der Waals surface area contributed by atoms with Gasteiger partial charge in [-0.3, -0.25) is 10.2 Å². The number of carbonyl (C=O) groups is 1. The van der Waals surface area contributed by atoms with Crippen molar-refractivity contribution in [1.82, 2.24) is 9.78 Å². The van der Waals surface area contributed by atoms with Crippen LogP contribution in [0, 0.1) is 12.3 Å². The van der Waals surface area contributed by atoms with E-state index in [1.807, 2.05) is 0 Å². The first-order valence-corrected chi connectivity index (χ1v) is 10.2. The molecule has 180 valence electrons. The molecule has 4 N–H and O–H groups in total. The van der Waals surface area contributed by atoms with Crippen molar-refractivity contribution in [2.75, 3.05) is 19.0 Å². The second-order valence-corrected chi connectivity index (χ2v) is 7.74. The maximum absolute atomic E-state index is 13.4. The predicted molar refractivity (Wildman–Crippen MR) is 115 cm³/mol. The molecule has 0 radical (unpaired) electrons. The first kappa shape index (κ1) is 23.4. The molecule has 3 heterocycles. The van der Waals surface area contributed by atoms with Gasteiger partial charge in [0.1, 0.15) is 17.3 Å². The SMILES string of the molecule is COc1c(C2COC2C(F)(F)F)nn(C(=O)c2ccoc2C)c1NCc1ccc(C(=N)N)cc1. The van der Waals surface area contributed by atoms with Crippen LogP contribution in [-0.2, 0) is 11.3 Å². The monoisotopic (exact) mass is 477 g/mol. The highest BCUT2D eigenvalue weighted by Crippen LogP contribution is 2.45. The van der Waals surface area contributed by atoms with Crippen LogP contribution in [0.5, 0.6) is 5.75 Å². The Kier molecular flexibility index (Phi) is 6.09. The largest absolute Gasteiger partial charge is 0.491 e. The van der Waals surface area contributed by atoms with Crippen molar-refractivity contribution in [2.24, 2.45) is 5.73 Å². The molecule has 4 rings (SSSR count). The molecule has 0 amide bonds. The number of alkyl halides is 3. The minimum Gasteiger partial charge on any atom is -0.491 e. The van der Waals surface area contributed by atoms with Crippen molar-refractivity contribution in [3.63, 3.8) is 0 Å². The molecule has 3 aromatic rings. The third kappa shape index (κ3) is 4.23. The molecule has 9 nitrogen and oxygen atoms in total. The van der Waals surface area contributed by atoms with E-state index < -0.39 is 24.1 Å². The molecule has 0 aliphatic carbocycles. The van der Waals surface area contributed by atoms with Gasteiger partial charge in [0.15, 0.2) is 17.7 Å². The molecule has 1 aliphatic rings. The van der Waals surface area contributed by atoms with Crippen molar-refractivity contribution < 1.29 is 31.9 Å². The average Bonchev–Trinajstić information content (AvgIpc) is 3.33. The maximum Gasteiger partial charge on any atom is 0.415 e. The Morgan fingerprint density at radius 2 is 2.03 bits per heavy atom. The van der Waals surface area contributed by atoms with Crippen LogP contribution in [0.15, 0.2) is 41.0 Å². The van der Waals surface area contributed by atoms with Gasteiger partial charge in [0.05, 0.1) is 31.5 Å². The van der Waals surface area contributed by atoms with Crippen molar-refractivity contribution in [1.29, 1.82) is 5.41 Å². The van der Waals surface area contributed by atoms with Crippen molar-refractivity contribution >= 4 is 17.6 Å². The Bertz CT molecular complexity index is 1220. The lowest BCUT2D eigenvalue weighted by atomic mass is 9.93. The zero-order valence-electron chi connectivity index (χ0n) is 18.3. The highest BCUT2D eigenvalue weighted by Gasteiger charge is 2.54. The first-order chi connectivity index (χ1) is 16.1. The fourth-order valence-electron chi connectivity index (χ4n) is 3.71. The molecule has 1 aromatic carbocycles.